The van der Waals surface area contributed by atoms with Crippen LogP contribution in [0.15, 0.2) is 71.2 Å². The molecule has 0 aliphatic heterocycles. The highest BCUT2D eigenvalue weighted by atomic mass is 79.9. The Hall–Kier alpha value is -2.21. The Balaban J connectivity index is 1.70. The van der Waals surface area contributed by atoms with E-state index in [0.717, 1.165) is 15.6 Å². The third-order valence-corrected chi connectivity index (χ3v) is 4.95. The number of amides is 1. The van der Waals surface area contributed by atoms with E-state index in [9.17, 15) is 4.79 Å². The molecule has 1 amide bonds. The maximum absolute atomic E-state index is 12.4. The highest BCUT2D eigenvalue weighted by Gasteiger charge is 2.15. The molecule has 3 aromatic rings. The maximum atomic E-state index is 12.4. The van der Waals surface area contributed by atoms with E-state index in [1.165, 1.54) is 4.90 Å². The van der Waals surface area contributed by atoms with Crippen molar-refractivity contribution in [1.29, 1.82) is 0 Å². The van der Waals surface area contributed by atoms with E-state index in [2.05, 4.69) is 15.9 Å². The van der Waals surface area contributed by atoms with Gasteiger partial charge in [-0.05, 0) is 35.9 Å². The number of carbonyl (C=O) groups is 1. The summed E-state index contributed by atoms with van der Waals surface area (Å²) < 4.78 is 12.2. The van der Waals surface area contributed by atoms with Crippen LogP contribution in [0.25, 0.3) is 0 Å². The summed E-state index contributed by atoms with van der Waals surface area (Å²) >= 11 is 15.6. The lowest BCUT2D eigenvalue weighted by Crippen LogP contribution is -2.27. The predicted molar refractivity (Wildman–Crippen MR) is 119 cm³/mol. The molecule has 29 heavy (non-hydrogen) atoms. The van der Waals surface area contributed by atoms with Crippen molar-refractivity contribution in [2.24, 2.45) is 0 Å². The van der Waals surface area contributed by atoms with Crippen LogP contribution in [0.1, 0.15) is 11.1 Å². The quantitative estimate of drug-likeness (QED) is 0.360. The fraction of sp³-hybridized carbons (Fsp3) is 0.136. The van der Waals surface area contributed by atoms with Gasteiger partial charge < -0.3 is 14.4 Å². The van der Waals surface area contributed by atoms with Gasteiger partial charge in [-0.3, -0.25) is 0 Å². The van der Waals surface area contributed by atoms with Crippen LogP contribution < -0.4 is 4.74 Å². The zero-order chi connectivity index (χ0) is 20.8. The van der Waals surface area contributed by atoms with E-state index in [4.69, 9.17) is 32.7 Å². The van der Waals surface area contributed by atoms with Gasteiger partial charge in [-0.2, -0.15) is 0 Å². The minimum Gasteiger partial charge on any atom is -0.457 e. The first kappa shape index (κ1) is 21.5. The average molecular weight is 495 g/mol. The fourth-order valence-electron chi connectivity index (χ4n) is 2.62. The van der Waals surface area contributed by atoms with E-state index in [1.54, 1.807) is 25.2 Å². The molecule has 0 aromatic heterocycles. The monoisotopic (exact) mass is 493 g/mol. The van der Waals surface area contributed by atoms with Crippen molar-refractivity contribution in [1.82, 2.24) is 4.90 Å². The summed E-state index contributed by atoms with van der Waals surface area (Å²) in [5.74, 6) is 1.09. The minimum absolute atomic E-state index is 0.217. The van der Waals surface area contributed by atoms with Crippen LogP contribution >= 0.6 is 39.1 Å². The number of hydrogen-bond donors (Lipinski definition) is 0. The van der Waals surface area contributed by atoms with Gasteiger partial charge in [0.2, 0.25) is 0 Å². The number of benzene rings is 3. The summed E-state index contributed by atoms with van der Waals surface area (Å²) in [5, 5.41) is 0.955. The standard InChI is InChI=1S/C22H18BrCl2NO3/c1-26(22(27)28-14-15-5-3-2-4-6-15)13-16-7-8-17(23)9-21(16)29-20-11-18(24)10-19(25)12-20/h2-12H,13-14H2,1H3. The average Bonchev–Trinajstić information content (AvgIpc) is 2.68. The Morgan fingerprint density at radius 2 is 1.69 bits per heavy atom. The molecular formula is C22H18BrCl2NO3. The molecule has 0 atom stereocenters. The van der Waals surface area contributed by atoms with Crippen LogP contribution in [0, 0.1) is 0 Å². The van der Waals surface area contributed by atoms with Gasteiger partial charge in [0.05, 0.1) is 6.54 Å². The molecule has 0 fully saturated rings. The molecule has 0 aliphatic carbocycles. The van der Waals surface area contributed by atoms with Crippen molar-refractivity contribution in [2.75, 3.05) is 7.05 Å². The van der Waals surface area contributed by atoms with Gasteiger partial charge in [-0.1, -0.05) is 75.5 Å². The van der Waals surface area contributed by atoms with Gasteiger partial charge in [0.1, 0.15) is 18.1 Å². The first-order valence-electron chi connectivity index (χ1n) is 8.75. The molecule has 0 heterocycles. The van der Waals surface area contributed by atoms with E-state index >= 15 is 0 Å². The summed E-state index contributed by atoms with van der Waals surface area (Å²) in [6, 6.07) is 20.1. The lowest BCUT2D eigenvalue weighted by molar-refractivity contribution is 0.102. The zero-order valence-electron chi connectivity index (χ0n) is 15.6. The van der Waals surface area contributed by atoms with Crippen LogP contribution in [-0.4, -0.2) is 18.0 Å². The van der Waals surface area contributed by atoms with Crippen molar-refractivity contribution in [3.8, 4) is 11.5 Å². The highest BCUT2D eigenvalue weighted by Crippen LogP contribution is 2.32. The number of hydrogen-bond acceptors (Lipinski definition) is 3. The second-order valence-electron chi connectivity index (χ2n) is 6.36. The molecule has 0 aliphatic rings. The van der Waals surface area contributed by atoms with Gasteiger partial charge in [-0.15, -0.1) is 0 Å². The smallest absolute Gasteiger partial charge is 0.410 e. The minimum atomic E-state index is -0.423. The maximum Gasteiger partial charge on any atom is 0.410 e. The molecule has 7 heteroatoms. The number of rotatable bonds is 6. The summed E-state index contributed by atoms with van der Waals surface area (Å²) in [7, 11) is 1.68. The first-order chi connectivity index (χ1) is 13.9. The second kappa shape index (κ2) is 10.0. The summed E-state index contributed by atoms with van der Waals surface area (Å²) in [6.45, 7) is 0.527. The number of nitrogens with zero attached hydrogens (tertiary/aromatic N) is 1. The molecule has 0 bridgehead atoms. The fourth-order valence-corrected chi connectivity index (χ4v) is 3.46. The Labute approximate surface area is 188 Å². The Kier molecular flexibility index (Phi) is 7.42. The molecule has 0 radical (unpaired) electrons. The van der Waals surface area contributed by atoms with Gasteiger partial charge in [-0.25, -0.2) is 4.79 Å². The number of ether oxygens (including phenoxy) is 2. The Bertz CT molecular complexity index is 978. The van der Waals surface area contributed by atoms with Crippen LogP contribution in [0.4, 0.5) is 4.79 Å². The lowest BCUT2D eigenvalue weighted by Gasteiger charge is -2.19. The van der Waals surface area contributed by atoms with Crippen molar-refractivity contribution in [2.45, 2.75) is 13.2 Å². The zero-order valence-corrected chi connectivity index (χ0v) is 18.7. The van der Waals surface area contributed by atoms with E-state index in [1.807, 2.05) is 48.5 Å². The molecule has 0 saturated heterocycles. The van der Waals surface area contributed by atoms with E-state index in [-0.39, 0.29) is 6.61 Å². The van der Waals surface area contributed by atoms with Crippen molar-refractivity contribution < 1.29 is 14.3 Å². The van der Waals surface area contributed by atoms with Crippen molar-refractivity contribution >= 4 is 45.2 Å². The SMILES string of the molecule is CN(Cc1ccc(Br)cc1Oc1cc(Cl)cc(Cl)c1)C(=O)OCc1ccccc1. The molecule has 150 valence electrons. The number of carbonyl (C=O) groups excluding carboxylic acids is 1. The summed E-state index contributed by atoms with van der Waals surface area (Å²) in [5.41, 5.74) is 1.74. The molecular weight excluding hydrogens is 477 g/mol. The second-order valence-corrected chi connectivity index (χ2v) is 8.14. The molecule has 0 spiro atoms. The van der Waals surface area contributed by atoms with E-state index in [0.29, 0.717) is 28.1 Å². The highest BCUT2D eigenvalue weighted by molar-refractivity contribution is 9.10. The third kappa shape index (κ3) is 6.39. The molecule has 3 aromatic carbocycles. The lowest BCUT2D eigenvalue weighted by atomic mass is 10.2. The van der Waals surface area contributed by atoms with Gasteiger partial charge >= 0.3 is 6.09 Å². The first-order valence-corrected chi connectivity index (χ1v) is 10.3. The van der Waals surface area contributed by atoms with Crippen molar-refractivity contribution in [3.05, 3.63) is 92.4 Å². The Morgan fingerprint density at radius 3 is 2.38 bits per heavy atom. The predicted octanol–water partition coefficient (Wildman–Crippen LogP) is 7.32. The van der Waals surface area contributed by atoms with Gasteiger partial charge in [0.25, 0.3) is 0 Å². The third-order valence-electron chi connectivity index (χ3n) is 4.02. The van der Waals surface area contributed by atoms with Gasteiger partial charge in [0.15, 0.2) is 0 Å². The molecule has 0 saturated carbocycles. The van der Waals surface area contributed by atoms with Crippen LogP contribution in [0.5, 0.6) is 11.5 Å². The molecule has 0 N–H and O–H groups in total. The largest absolute Gasteiger partial charge is 0.457 e. The van der Waals surface area contributed by atoms with Crippen LogP contribution in [0.3, 0.4) is 0 Å². The Morgan fingerprint density at radius 1 is 1.00 bits per heavy atom. The van der Waals surface area contributed by atoms with E-state index < -0.39 is 6.09 Å². The molecule has 3 rings (SSSR count). The van der Waals surface area contributed by atoms with Gasteiger partial charge in [0, 0.05) is 27.1 Å². The normalized spacial score (nSPS) is 10.5. The summed E-state index contributed by atoms with van der Waals surface area (Å²) in [6.07, 6.45) is -0.423. The topological polar surface area (TPSA) is 38.8 Å². The summed E-state index contributed by atoms with van der Waals surface area (Å²) in [4.78, 5) is 13.9. The van der Waals surface area contributed by atoms with Crippen molar-refractivity contribution in [3.63, 3.8) is 0 Å². The molecule has 0 unspecified atom stereocenters. The number of halogens is 3. The molecule has 4 nitrogen and oxygen atoms in total. The van der Waals surface area contributed by atoms with Crippen LogP contribution in [0.2, 0.25) is 10.0 Å². The van der Waals surface area contributed by atoms with Crippen LogP contribution in [-0.2, 0) is 17.9 Å².